The lowest BCUT2D eigenvalue weighted by molar-refractivity contribution is -0.137. The van der Waals surface area contributed by atoms with E-state index in [9.17, 15) is 18.3 Å². The monoisotopic (exact) mass is 594 g/mol. The minimum atomic E-state index is -3.01. The second-order valence-corrected chi connectivity index (χ2v) is 14.7. The van der Waals surface area contributed by atoms with Gasteiger partial charge in [-0.2, -0.15) is 0 Å². The van der Waals surface area contributed by atoms with Crippen molar-refractivity contribution in [3.63, 3.8) is 0 Å². The average Bonchev–Trinajstić information content (AvgIpc) is 3.50. The van der Waals surface area contributed by atoms with Crippen molar-refractivity contribution in [3.8, 4) is 22.6 Å². The zero-order valence-electron chi connectivity index (χ0n) is 24.4. The molecule has 1 heterocycles. The molecule has 5 rings (SSSR count). The third-order valence-electron chi connectivity index (χ3n) is 8.51. The average molecular weight is 595 g/mol. The first kappa shape index (κ1) is 29.5. The topological polar surface area (TPSA) is 89.9 Å². The number of rotatable bonds is 10. The van der Waals surface area contributed by atoms with E-state index in [-0.39, 0.29) is 24.2 Å². The predicted octanol–water partition coefficient (Wildman–Crippen LogP) is 7.13. The van der Waals surface area contributed by atoms with Gasteiger partial charge < -0.3 is 14.6 Å². The van der Waals surface area contributed by atoms with Crippen LogP contribution >= 0.6 is 11.8 Å². The minimum absolute atomic E-state index is 0.0375. The van der Waals surface area contributed by atoms with Gasteiger partial charge in [0.2, 0.25) is 0 Å². The molecule has 1 aliphatic heterocycles. The van der Waals surface area contributed by atoms with Gasteiger partial charge in [-0.05, 0) is 109 Å². The van der Waals surface area contributed by atoms with Crippen LogP contribution in [0.5, 0.6) is 11.5 Å². The highest BCUT2D eigenvalue weighted by atomic mass is 32.2. The molecule has 0 radical (unpaired) electrons. The summed E-state index contributed by atoms with van der Waals surface area (Å²) in [7, 11) is -3.01. The highest BCUT2D eigenvalue weighted by Gasteiger charge is 2.30. The molecule has 0 aromatic heterocycles. The van der Waals surface area contributed by atoms with E-state index in [2.05, 4.69) is 52.0 Å². The Bertz CT molecular complexity index is 1580. The number of carboxylic acids is 1. The van der Waals surface area contributed by atoms with Gasteiger partial charge in [0.1, 0.15) is 27.4 Å². The van der Waals surface area contributed by atoms with Gasteiger partial charge in [0.05, 0.1) is 18.8 Å². The number of hydrogen-bond acceptors (Lipinski definition) is 6. The molecule has 41 heavy (non-hydrogen) atoms. The van der Waals surface area contributed by atoms with Gasteiger partial charge in [-0.3, -0.25) is 4.79 Å². The van der Waals surface area contributed by atoms with Crippen molar-refractivity contribution in [1.82, 2.24) is 0 Å². The van der Waals surface area contributed by atoms with Crippen molar-refractivity contribution < 1.29 is 27.8 Å². The van der Waals surface area contributed by atoms with E-state index in [0.717, 1.165) is 51.7 Å². The number of carbonyl (C=O) groups is 1. The van der Waals surface area contributed by atoms with Crippen LogP contribution in [0.15, 0.2) is 41.3 Å². The maximum Gasteiger partial charge on any atom is 0.303 e. The highest BCUT2D eigenvalue weighted by Crippen LogP contribution is 2.46. The summed E-state index contributed by atoms with van der Waals surface area (Å²) in [6.45, 7) is 8.82. The Labute approximate surface area is 247 Å². The van der Waals surface area contributed by atoms with Gasteiger partial charge in [-0.1, -0.05) is 24.3 Å². The largest absolute Gasteiger partial charge is 0.493 e. The Balaban J connectivity index is 1.39. The second-order valence-electron chi connectivity index (χ2n) is 11.4. The normalized spacial score (nSPS) is 17.8. The number of aliphatic carboxylic acids is 1. The van der Waals surface area contributed by atoms with Crippen molar-refractivity contribution in [1.29, 1.82) is 0 Å². The highest BCUT2D eigenvalue weighted by molar-refractivity contribution is 7.99. The van der Waals surface area contributed by atoms with Gasteiger partial charge in [0.25, 0.3) is 0 Å². The number of fused-ring (bicyclic) bond motifs is 2. The van der Waals surface area contributed by atoms with Crippen molar-refractivity contribution in [3.05, 3.63) is 75.3 Å². The van der Waals surface area contributed by atoms with Crippen LogP contribution in [0.4, 0.5) is 0 Å². The number of ether oxygens (including phenoxy) is 2. The maximum absolute atomic E-state index is 11.5. The molecule has 6 nitrogen and oxygen atoms in total. The van der Waals surface area contributed by atoms with Gasteiger partial charge in [-0.15, -0.1) is 11.8 Å². The minimum Gasteiger partial charge on any atom is -0.493 e. The molecule has 2 aliphatic rings. The molecular weight excluding hydrogens is 556 g/mol. The summed E-state index contributed by atoms with van der Waals surface area (Å²) in [5.41, 5.74) is 10.6. The van der Waals surface area contributed by atoms with Crippen LogP contribution in [0.1, 0.15) is 70.2 Å². The predicted molar refractivity (Wildman–Crippen MR) is 164 cm³/mol. The molecular formula is C33H38O6S2. The molecule has 0 fully saturated rings. The van der Waals surface area contributed by atoms with Crippen LogP contribution in [0.25, 0.3) is 11.1 Å². The number of hydrogen-bond donors (Lipinski definition) is 1. The van der Waals surface area contributed by atoms with Crippen LogP contribution in [-0.4, -0.2) is 43.9 Å². The summed E-state index contributed by atoms with van der Waals surface area (Å²) >= 11 is 1.71. The first-order chi connectivity index (χ1) is 19.4. The van der Waals surface area contributed by atoms with E-state index >= 15 is 0 Å². The van der Waals surface area contributed by atoms with Crippen LogP contribution in [-0.2, 0) is 21.1 Å². The van der Waals surface area contributed by atoms with Gasteiger partial charge in [0, 0.05) is 22.8 Å². The van der Waals surface area contributed by atoms with Crippen molar-refractivity contribution in [2.45, 2.75) is 70.3 Å². The summed E-state index contributed by atoms with van der Waals surface area (Å²) in [6.07, 6.45) is 3.67. The fourth-order valence-electron chi connectivity index (χ4n) is 6.24. The summed E-state index contributed by atoms with van der Waals surface area (Å²) < 4.78 is 35.7. The van der Waals surface area contributed by atoms with E-state index in [4.69, 9.17) is 9.47 Å². The molecule has 3 aromatic carbocycles. The molecule has 2 atom stereocenters. The molecule has 0 bridgehead atoms. The summed E-state index contributed by atoms with van der Waals surface area (Å²) in [5, 5.41) is 9.23. The first-order valence-corrected chi connectivity index (χ1v) is 17.2. The summed E-state index contributed by atoms with van der Waals surface area (Å²) in [5.74, 6) is 1.89. The molecule has 0 saturated heterocycles. The lowest BCUT2D eigenvalue weighted by atomic mass is 9.86. The van der Waals surface area contributed by atoms with Crippen LogP contribution in [0, 0.1) is 27.7 Å². The molecule has 3 aromatic rings. The molecule has 218 valence electrons. The second kappa shape index (κ2) is 11.7. The Kier molecular flexibility index (Phi) is 8.44. The number of benzene rings is 3. The van der Waals surface area contributed by atoms with E-state index in [1.54, 1.807) is 11.8 Å². The quantitative estimate of drug-likeness (QED) is 0.250. The third kappa shape index (κ3) is 6.14. The standard InChI is InChI=1S/C33H38O6S2/c1-19-21(3)33(38-14-7-15-41(5,36)37)22(4)20(2)32(19)28-9-6-8-27-26(28)12-13-29(27)39-24-10-11-25-23(16-31(34)35)18-40-30(25)17-24/h6,8-11,17,23,29H,7,12-16,18H2,1-5H3,(H,34,35)/t23-,29?/m1/s1. The van der Waals surface area contributed by atoms with E-state index in [1.165, 1.54) is 39.6 Å². The number of sulfone groups is 1. The molecule has 1 N–H and O–H groups in total. The zero-order chi connectivity index (χ0) is 29.5. The van der Waals surface area contributed by atoms with E-state index in [0.29, 0.717) is 13.0 Å². The van der Waals surface area contributed by atoms with E-state index < -0.39 is 15.8 Å². The van der Waals surface area contributed by atoms with Crippen LogP contribution < -0.4 is 9.47 Å². The summed E-state index contributed by atoms with van der Waals surface area (Å²) in [6, 6.07) is 12.6. The lowest BCUT2D eigenvalue weighted by Crippen LogP contribution is -2.10. The molecule has 0 saturated carbocycles. The molecule has 1 aliphatic carbocycles. The SMILES string of the molecule is Cc1c(C)c(-c2cccc3c2CCC3Oc2ccc3c(c2)SC[C@H]3CC(=O)O)c(C)c(C)c1OCCCS(C)(=O)=O. The maximum atomic E-state index is 11.5. The first-order valence-electron chi connectivity index (χ1n) is 14.1. The van der Waals surface area contributed by atoms with Crippen LogP contribution in [0.2, 0.25) is 0 Å². The lowest BCUT2D eigenvalue weighted by Gasteiger charge is -2.23. The number of thioether (sulfide) groups is 1. The van der Waals surface area contributed by atoms with Crippen molar-refractivity contribution in [2.75, 3.05) is 24.4 Å². The van der Waals surface area contributed by atoms with Crippen molar-refractivity contribution in [2.24, 2.45) is 0 Å². The molecule has 8 heteroatoms. The Morgan fingerprint density at radius 2 is 1.76 bits per heavy atom. The smallest absolute Gasteiger partial charge is 0.303 e. The molecule has 1 unspecified atom stereocenters. The fraction of sp³-hybridized carbons (Fsp3) is 0.424. The third-order valence-corrected chi connectivity index (χ3v) is 10.8. The van der Waals surface area contributed by atoms with Gasteiger partial charge in [0.15, 0.2) is 0 Å². The zero-order valence-corrected chi connectivity index (χ0v) is 26.0. The Morgan fingerprint density at radius 1 is 1.02 bits per heavy atom. The fourth-order valence-corrected chi connectivity index (χ4v) is 8.16. The number of carboxylic acid groups (broad SMARTS) is 1. The molecule has 0 amide bonds. The van der Waals surface area contributed by atoms with Gasteiger partial charge >= 0.3 is 5.97 Å². The van der Waals surface area contributed by atoms with E-state index in [1.807, 2.05) is 12.1 Å². The van der Waals surface area contributed by atoms with Crippen molar-refractivity contribution >= 4 is 27.6 Å². The Hall–Kier alpha value is -2.97. The Morgan fingerprint density at radius 3 is 2.44 bits per heavy atom. The summed E-state index contributed by atoms with van der Waals surface area (Å²) in [4.78, 5) is 12.4. The molecule has 0 spiro atoms. The van der Waals surface area contributed by atoms with Crippen LogP contribution in [0.3, 0.4) is 0 Å². The van der Waals surface area contributed by atoms with Gasteiger partial charge in [-0.25, -0.2) is 8.42 Å².